The quantitative estimate of drug-likeness (QED) is 0.660. The molecule has 0 fully saturated rings. The van der Waals surface area contributed by atoms with Gasteiger partial charge in [-0.3, -0.25) is 4.79 Å². The molecule has 0 saturated heterocycles. The third kappa shape index (κ3) is 3.43. The first kappa shape index (κ1) is 16.8. The van der Waals surface area contributed by atoms with Crippen molar-refractivity contribution in [2.45, 2.75) is 19.4 Å². The van der Waals surface area contributed by atoms with E-state index in [4.69, 9.17) is 9.47 Å². The van der Waals surface area contributed by atoms with Gasteiger partial charge in [0.1, 0.15) is 28.4 Å². The van der Waals surface area contributed by atoms with Crippen LogP contribution < -0.4 is 9.47 Å². The second-order valence-electron chi connectivity index (χ2n) is 6.36. The van der Waals surface area contributed by atoms with Crippen LogP contribution in [0.15, 0.2) is 48.6 Å². The van der Waals surface area contributed by atoms with Crippen LogP contribution in [0.3, 0.4) is 0 Å². The molecule has 2 aromatic carbocycles. The number of aromatic hydroxyl groups is 1. The van der Waals surface area contributed by atoms with Crippen LogP contribution >= 0.6 is 0 Å². The summed E-state index contributed by atoms with van der Waals surface area (Å²) in [6, 6.07) is 11.0. The Bertz CT molecular complexity index is 861. The van der Waals surface area contributed by atoms with E-state index in [0.29, 0.717) is 16.9 Å². The summed E-state index contributed by atoms with van der Waals surface area (Å²) in [7, 11) is 1.46. The van der Waals surface area contributed by atoms with Gasteiger partial charge >= 0.3 is 0 Å². The van der Waals surface area contributed by atoms with E-state index in [1.807, 2.05) is 50.3 Å². The average molecular weight is 336 g/mol. The summed E-state index contributed by atoms with van der Waals surface area (Å²) in [5.41, 5.74) is 1.13. The van der Waals surface area contributed by atoms with Crippen molar-refractivity contribution >= 4 is 17.9 Å². The van der Waals surface area contributed by atoms with Gasteiger partial charge in [0.25, 0.3) is 0 Å². The number of benzene rings is 2. The number of allylic oxidation sites excluding steroid dienone is 1. The molecule has 4 heteroatoms. The van der Waals surface area contributed by atoms with Crippen molar-refractivity contribution in [1.29, 1.82) is 0 Å². The normalized spacial score (nSPS) is 14.8. The summed E-state index contributed by atoms with van der Waals surface area (Å²) in [6.45, 7) is 3.77. The molecular weight excluding hydrogens is 316 g/mol. The molecule has 1 aliphatic heterocycles. The number of carbonyl (C=O) groups excluding carboxylic acids is 1. The van der Waals surface area contributed by atoms with Crippen LogP contribution in [0.4, 0.5) is 0 Å². The molecule has 3 rings (SSSR count). The fourth-order valence-electron chi connectivity index (χ4n) is 2.70. The van der Waals surface area contributed by atoms with E-state index in [9.17, 15) is 9.90 Å². The molecule has 1 N–H and O–H groups in total. The molecule has 2 aromatic rings. The van der Waals surface area contributed by atoms with Gasteiger partial charge in [-0.05, 0) is 37.6 Å². The lowest BCUT2D eigenvalue weighted by atomic mass is 9.96. The van der Waals surface area contributed by atoms with Crippen molar-refractivity contribution in [3.63, 3.8) is 0 Å². The van der Waals surface area contributed by atoms with Crippen molar-refractivity contribution in [3.05, 3.63) is 65.2 Å². The highest BCUT2D eigenvalue weighted by molar-refractivity contribution is 6.11. The van der Waals surface area contributed by atoms with Crippen molar-refractivity contribution in [2.24, 2.45) is 0 Å². The molecule has 0 atom stereocenters. The highest BCUT2D eigenvalue weighted by Crippen LogP contribution is 2.44. The van der Waals surface area contributed by atoms with Crippen molar-refractivity contribution in [3.8, 4) is 17.2 Å². The summed E-state index contributed by atoms with van der Waals surface area (Å²) in [5, 5.41) is 10.2. The number of hydrogen-bond donors (Lipinski definition) is 1. The molecule has 0 aliphatic carbocycles. The molecule has 0 aromatic heterocycles. The summed E-state index contributed by atoms with van der Waals surface area (Å²) in [5.74, 6) is 0.391. The van der Waals surface area contributed by atoms with Gasteiger partial charge in [-0.15, -0.1) is 0 Å². The van der Waals surface area contributed by atoms with Gasteiger partial charge in [0.05, 0.1) is 12.7 Å². The molecule has 1 aliphatic rings. The Morgan fingerprint density at radius 2 is 1.96 bits per heavy atom. The van der Waals surface area contributed by atoms with Crippen LogP contribution in [0.25, 0.3) is 12.2 Å². The number of methoxy groups -OCH3 is 1. The molecule has 1 heterocycles. The topological polar surface area (TPSA) is 55.8 Å². The average Bonchev–Trinajstić information content (AvgIpc) is 2.59. The number of carbonyl (C=O) groups is 1. The first-order valence-electron chi connectivity index (χ1n) is 8.01. The van der Waals surface area contributed by atoms with Crippen molar-refractivity contribution < 1.29 is 19.4 Å². The third-order valence-corrected chi connectivity index (χ3v) is 3.97. The number of phenolic OH excluding ortho intramolecular Hbond substituents is 1. The summed E-state index contributed by atoms with van der Waals surface area (Å²) >= 11 is 0. The molecule has 0 amide bonds. The van der Waals surface area contributed by atoms with Crippen molar-refractivity contribution in [1.82, 2.24) is 0 Å². The van der Waals surface area contributed by atoms with E-state index < -0.39 is 5.60 Å². The zero-order valence-electron chi connectivity index (χ0n) is 14.4. The largest absolute Gasteiger partial charge is 0.507 e. The lowest BCUT2D eigenvalue weighted by molar-refractivity contribution is 0.103. The van der Waals surface area contributed by atoms with Gasteiger partial charge < -0.3 is 14.6 Å². The van der Waals surface area contributed by atoms with Gasteiger partial charge in [0.2, 0.25) is 0 Å². The fourth-order valence-corrected chi connectivity index (χ4v) is 2.70. The van der Waals surface area contributed by atoms with E-state index in [2.05, 4.69) is 0 Å². The molecule has 0 unspecified atom stereocenters. The summed E-state index contributed by atoms with van der Waals surface area (Å²) in [4.78, 5) is 12.8. The molecule has 25 heavy (non-hydrogen) atoms. The smallest absolute Gasteiger partial charge is 0.193 e. The molecule has 0 radical (unpaired) electrons. The van der Waals surface area contributed by atoms with E-state index in [-0.39, 0.29) is 17.3 Å². The van der Waals surface area contributed by atoms with Gasteiger partial charge in [-0.25, -0.2) is 0 Å². The second kappa shape index (κ2) is 6.48. The maximum Gasteiger partial charge on any atom is 0.193 e. The number of rotatable bonds is 4. The Labute approximate surface area is 147 Å². The van der Waals surface area contributed by atoms with Crippen molar-refractivity contribution in [2.75, 3.05) is 7.11 Å². The van der Waals surface area contributed by atoms with E-state index in [1.165, 1.54) is 19.3 Å². The number of ketones is 1. The number of hydrogen-bond acceptors (Lipinski definition) is 4. The van der Waals surface area contributed by atoms with Crippen LogP contribution in [0, 0.1) is 0 Å². The van der Waals surface area contributed by atoms with E-state index in [0.717, 1.165) is 5.56 Å². The minimum Gasteiger partial charge on any atom is -0.507 e. The highest BCUT2D eigenvalue weighted by Gasteiger charge is 2.30. The Morgan fingerprint density at radius 1 is 1.24 bits per heavy atom. The Balaban J connectivity index is 2.07. The lowest BCUT2D eigenvalue weighted by Crippen LogP contribution is -2.28. The van der Waals surface area contributed by atoms with Crippen LogP contribution in [0.5, 0.6) is 17.2 Å². The number of phenols is 1. The van der Waals surface area contributed by atoms with E-state index in [1.54, 1.807) is 12.2 Å². The van der Waals surface area contributed by atoms with Gasteiger partial charge in [0, 0.05) is 6.07 Å². The zero-order valence-corrected chi connectivity index (χ0v) is 14.4. The summed E-state index contributed by atoms with van der Waals surface area (Å²) in [6.07, 6.45) is 6.84. The third-order valence-electron chi connectivity index (χ3n) is 3.97. The molecule has 0 saturated carbocycles. The Hall–Kier alpha value is -3.01. The SMILES string of the molecule is COc1cc(O)c2c(c1C(=O)/C=C/c1ccccc1)OC(C)(C)C=C2. The Kier molecular flexibility index (Phi) is 4.36. The predicted octanol–water partition coefficient (Wildman–Crippen LogP) is 4.48. The molecule has 128 valence electrons. The summed E-state index contributed by atoms with van der Waals surface area (Å²) < 4.78 is 11.3. The van der Waals surface area contributed by atoms with Gasteiger partial charge in [0.15, 0.2) is 5.78 Å². The minimum atomic E-state index is -0.579. The monoisotopic (exact) mass is 336 g/mol. The van der Waals surface area contributed by atoms with Gasteiger partial charge in [-0.2, -0.15) is 0 Å². The van der Waals surface area contributed by atoms with Gasteiger partial charge in [-0.1, -0.05) is 36.4 Å². The molecule has 0 spiro atoms. The maximum atomic E-state index is 12.8. The van der Waals surface area contributed by atoms with E-state index >= 15 is 0 Å². The molecular formula is C21H20O4. The Morgan fingerprint density at radius 3 is 2.64 bits per heavy atom. The highest BCUT2D eigenvalue weighted by atomic mass is 16.5. The fraction of sp³-hybridized carbons (Fsp3) is 0.190. The minimum absolute atomic E-state index is 0.0159. The maximum absolute atomic E-state index is 12.8. The van der Waals surface area contributed by atoms with Crippen LogP contribution in [-0.4, -0.2) is 23.6 Å². The number of ether oxygens (including phenoxy) is 2. The molecule has 0 bridgehead atoms. The standard InChI is InChI=1S/C21H20O4/c1-21(2)12-11-15-17(23)13-18(24-3)19(20(15)25-21)16(22)10-9-14-7-5-4-6-8-14/h4-13,23H,1-3H3/b10-9+. The first-order chi connectivity index (χ1) is 11.9. The number of fused-ring (bicyclic) bond motifs is 1. The second-order valence-corrected chi connectivity index (χ2v) is 6.36. The lowest BCUT2D eigenvalue weighted by Gasteiger charge is -2.30. The van der Waals surface area contributed by atoms with Crippen LogP contribution in [0.1, 0.15) is 35.3 Å². The van der Waals surface area contributed by atoms with Crippen LogP contribution in [0.2, 0.25) is 0 Å². The predicted molar refractivity (Wildman–Crippen MR) is 98.2 cm³/mol. The molecule has 4 nitrogen and oxygen atoms in total. The zero-order chi connectivity index (χ0) is 18.0. The first-order valence-corrected chi connectivity index (χ1v) is 8.01. The van der Waals surface area contributed by atoms with Crippen LogP contribution in [-0.2, 0) is 0 Å².